The molecule has 0 fully saturated rings. The number of benzene rings is 1. The van der Waals surface area contributed by atoms with E-state index in [1.54, 1.807) is 12.1 Å². The molecule has 0 spiro atoms. The number of aryl methyl sites for hydroxylation is 3. The lowest BCUT2D eigenvalue weighted by atomic mass is 9.95. The Kier molecular flexibility index (Phi) is 5.09. The fourth-order valence-electron chi connectivity index (χ4n) is 2.58. The number of hydrogen-bond donors (Lipinski definition) is 0. The molecule has 1 aromatic heterocycles. The van der Waals surface area contributed by atoms with Crippen LogP contribution in [-0.4, -0.2) is 11.3 Å². The summed E-state index contributed by atoms with van der Waals surface area (Å²) in [4.78, 5) is 14.8. The zero-order valence-electron chi connectivity index (χ0n) is 12.7. The molecule has 6 heteroatoms. The minimum absolute atomic E-state index is 0.333. The summed E-state index contributed by atoms with van der Waals surface area (Å²) in [6.07, 6.45) is -1.77. The lowest BCUT2D eigenvalue weighted by Crippen LogP contribution is -2.08. The Morgan fingerprint density at radius 3 is 2.26 bits per heavy atom. The summed E-state index contributed by atoms with van der Waals surface area (Å²) < 4.78 is 38.6. The van der Waals surface area contributed by atoms with E-state index in [9.17, 15) is 18.0 Å². The molecule has 2 nitrogen and oxygen atoms in total. The molecule has 0 aliphatic heterocycles. The summed E-state index contributed by atoms with van der Waals surface area (Å²) in [5.74, 6) is 0. The first kappa shape index (κ1) is 17.5. The lowest BCUT2D eigenvalue weighted by Gasteiger charge is -2.12. The minimum Gasteiger partial charge on any atom is -0.298 e. The topological polar surface area (TPSA) is 30.0 Å². The Morgan fingerprint density at radius 2 is 1.74 bits per heavy atom. The highest BCUT2D eigenvalue weighted by Gasteiger charge is 2.33. The molecule has 0 N–H and O–H groups in total. The quantitative estimate of drug-likeness (QED) is 0.735. The molecule has 0 aliphatic carbocycles. The van der Waals surface area contributed by atoms with E-state index in [1.807, 2.05) is 13.8 Å². The normalized spacial score (nSPS) is 11.6. The second-order valence-corrected chi connectivity index (χ2v) is 5.81. The van der Waals surface area contributed by atoms with Crippen molar-refractivity contribution in [2.45, 2.75) is 32.9 Å². The summed E-state index contributed by atoms with van der Waals surface area (Å²) >= 11 is 5.57. The molecule has 0 saturated heterocycles. The van der Waals surface area contributed by atoms with Crippen LogP contribution in [0, 0.1) is 13.8 Å². The first-order chi connectivity index (χ1) is 10.7. The van der Waals surface area contributed by atoms with Crippen LogP contribution in [0.1, 0.15) is 38.3 Å². The van der Waals surface area contributed by atoms with Crippen molar-refractivity contribution >= 4 is 17.9 Å². The molecule has 0 atom stereocenters. The summed E-state index contributed by atoms with van der Waals surface area (Å²) in [6.45, 7) is 3.76. The van der Waals surface area contributed by atoms with Crippen LogP contribution in [0.15, 0.2) is 24.4 Å². The van der Waals surface area contributed by atoms with E-state index in [-0.39, 0.29) is 0 Å². The Hall–Kier alpha value is -1.88. The van der Waals surface area contributed by atoms with Gasteiger partial charge in [0.1, 0.15) is 6.29 Å². The van der Waals surface area contributed by atoms with Crippen molar-refractivity contribution in [2.24, 2.45) is 0 Å². The highest BCUT2D eigenvalue weighted by atomic mass is 35.5. The molecule has 0 unspecified atom stereocenters. The van der Waals surface area contributed by atoms with Crippen molar-refractivity contribution in [1.29, 1.82) is 0 Å². The van der Waals surface area contributed by atoms with Gasteiger partial charge in [-0.2, -0.15) is 13.2 Å². The molecule has 0 radical (unpaired) electrons. The molecular formula is C17H15ClF3NO. The maximum atomic E-state index is 12.9. The van der Waals surface area contributed by atoms with Gasteiger partial charge < -0.3 is 0 Å². The van der Waals surface area contributed by atoms with Gasteiger partial charge in [-0.1, -0.05) is 11.6 Å². The molecule has 0 amide bonds. The van der Waals surface area contributed by atoms with Crippen molar-refractivity contribution in [3.8, 4) is 0 Å². The average molecular weight is 342 g/mol. The molecule has 2 rings (SSSR count). The van der Waals surface area contributed by atoms with E-state index in [0.717, 1.165) is 35.2 Å². The van der Waals surface area contributed by atoms with Gasteiger partial charge in [0, 0.05) is 17.5 Å². The van der Waals surface area contributed by atoms with Crippen LogP contribution in [0.25, 0.3) is 0 Å². The molecule has 2 aromatic rings. The molecule has 23 heavy (non-hydrogen) atoms. The molecule has 0 bridgehead atoms. The number of nitrogens with zero attached hydrogens (tertiary/aromatic N) is 1. The van der Waals surface area contributed by atoms with Crippen LogP contribution < -0.4 is 0 Å². The Bertz CT molecular complexity index is 718. The largest absolute Gasteiger partial charge is 0.417 e. The van der Waals surface area contributed by atoms with Gasteiger partial charge in [-0.15, -0.1) is 0 Å². The monoisotopic (exact) mass is 341 g/mol. The predicted molar refractivity (Wildman–Crippen MR) is 83.0 cm³/mol. The first-order valence-electron chi connectivity index (χ1n) is 6.99. The second kappa shape index (κ2) is 6.71. The second-order valence-electron chi connectivity index (χ2n) is 5.40. The third-order valence-corrected chi connectivity index (χ3v) is 4.00. The maximum Gasteiger partial charge on any atom is 0.417 e. The number of rotatable bonds is 4. The minimum atomic E-state index is -4.49. The molecule has 122 valence electrons. The van der Waals surface area contributed by atoms with E-state index in [0.29, 0.717) is 24.1 Å². The maximum absolute atomic E-state index is 12.9. The number of halogens is 4. The van der Waals surface area contributed by atoms with Crippen LogP contribution in [0.5, 0.6) is 0 Å². The van der Waals surface area contributed by atoms with Crippen LogP contribution in [0.4, 0.5) is 13.2 Å². The van der Waals surface area contributed by atoms with Crippen LogP contribution in [0.3, 0.4) is 0 Å². The smallest absolute Gasteiger partial charge is 0.298 e. The van der Waals surface area contributed by atoms with Gasteiger partial charge in [0.15, 0.2) is 0 Å². The van der Waals surface area contributed by atoms with Gasteiger partial charge in [-0.05, 0) is 61.6 Å². The molecule has 1 aromatic carbocycles. The summed E-state index contributed by atoms with van der Waals surface area (Å²) in [5.41, 5.74) is 2.96. The van der Waals surface area contributed by atoms with Gasteiger partial charge in [0.05, 0.1) is 10.6 Å². The van der Waals surface area contributed by atoms with Gasteiger partial charge >= 0.3 is 6.18 Å². The predicted octanol–water partition coefficient (Wildman–Crippen LogP) is 4.97. The molecule has 0 saturated carbocycles. The molecule has 0 aliphatic rings. The van der Waals surface area contributed by atoms with Crippen molar-refractivity contribution in [2.75, 3.05) is 0 Å². The van der Waals surface area contributed by atoms with Gasteiger partial charge in [0.2, 0.25) is 0 Å². The van der Waals surface area contributed by atoms with Gasteiger partial charge in [-0.3, -0.25) is 9.78 Å². The first-order valence-corrected chi connectivity index (χ1v) is 7.37. The highest BCUT2D eigenvalue weighted by molar-refractivity contribution is 6.31. The summed E-state index contributed by atoms with van der Waals surface area (Å²) in [5, 5.41) is -0.399. The molecule has 1 heterocycles. The van der Waals surface area contributed by atoms with Crippen molar-refractivity contribution < 1.29 is 18.0 Å². The van der Waals surface area contributed by atoms with Crippen molar-refractivity contribution in [3.05, 3.63) is 62.9 Å². The number of hydrogen-bond acceptors (Lipinski definition) is 2. The number of aromatic nitrogens is 1. The number of pyridine rings is 1. The fourth-order valence-corrected chi connectivity index (χ4v) is 2.79. The highest BCUT2D eigenvalue weighted by Crippen LogP contribution is 2.34. The number of carbonyl (C=O) groups excluding carboxylic acids is 1. The molecular weight excluding hydrogens is 327 g/mol. The van der Waals surface area contributed by atoms with Crippen molar-refractivity contribution in [3.63, 3.8) is 0 Å². The van der Waals surface area contributed by atoms with Crippen LogP contribution >= 0.6 is 11.6 Å². The summed E-state index contributed by atoms with van der Waals surface area (Å²) in [6, 6.07) is 4.53. The van der Waals surface area contributed by atoms with Crippen molar-refractivity contribution in [1.82, 2.24) is 4.98 Å². The van der Waals surface area contributed by atoms with E-state index in [4.69, 9.17) is 11.6 Å². The standard InChI is InChI=1S/C17H15ClF3NO/c1-10-5-12(9-23)6-11(2)14(10)4-3-13-7-15(17(19,20)21)16(18)8-22-13/h5-9H,3-4H2,1-2H3. The van der Waals surface area contributed by atoms with E-state index < -0.39 is 16.8 Å². The zero-order valence-corrected chi connectivity index (χ0v) is 13.4. The van der Waals surface area contributed by atoms with E-state index in [2.05, 4.69) is 4.98 Å². The number of alkyl halides is 3. The van der Waals surface area contributed by atoms with Crippen LogP contribution in [0.2, 0.25) is 5.02 Å². The van der Waals surface area contributed by atoms with Gasteiger partial charge in [0.25, 0.3) is 0 Å². The Morgan fingerprint density at radius 1 is 1.13 bits per heavy atom. The Balaban J connectivity index is 2.24. The zero-order chi connectivity index (χ0) is 17.2. The van der Waals surface area contributed by atoms with Gasteiger partial charge in [-0.25, -0.2) is 0 Å². The van der Waals surface area contributed by atoms with E-state index in [1.165, 1.54) is 0 Å². The number of aldehydes is 1. The fraction of sp³-hybridized carbons (Fsp3) is 0.294. The summed E-state index contributed by atoms with van der Waals surface area (Å²) in [7, 11) is 0. The van der Waals surface area contributed by atoms with E-state index >= 15 is 0 Å². The number of carbonyl (C=O) groups is 1. The third kappa shape index (κ3) is 4.10. The SMILES string of the molecule is Cc1cc(C=O)cc(C)c1CCc1cc(C(F)(F)F)c(Cl)cn1. The Labute approximate surface area is 137 Å². The third-order valence-electron chi connectivity index (χ3n) is 3.70. The van der Waals surface area contributed by atoms with Crippen LogP contribution in [-0.2, 0) is 19.0 Å². The average Bonchev–Trinajstić information content (AvgIpc) is 2.46. The lowest BCUT2D eigenvalue weighted by molar-refractivity contribution is -0.137.